The van der Waals surface area contributed by atoms with Gasteiger partial charge < -0.3 is 5.32 Å². The minimum Gasteiger partial charge on any atom is -0.354 e. The lowest BCUT2D eigenvalue weighted by Gasteiger charge is -2.24. The Hall–Kier alpha value is -2.06. The monoisotopic (exact) mass is 464 g/mol. The fourth-order valence-corrected chi connectivity index (χ4v) is 6.23. The van der Waals surface area contributed by atoms with Gasteiger partial charge in [0, 0.05) is 17.5 Å². The summed E-state index contributed by atoms with van der Waals surface area (Å²) >= 11 is 1.88. The number of amides is 1. The lowest BCUT2D eigenvalue weighted by molar-refractivity contribution is -0.119. The molecule has 1 saturated carbocycles. The summed E-state index contributed by atoms with van der Waals surface area (Å²) in [6.07, 6.45) is 6.32. The van der Waals surface area contributed by atoms with Crippen LogP contribution in [0.15, 0.2) is 53.4 Å². The van der Waals surface area contributed by atoms with Gasteiger partial charge in [0.1, 0.15) is 12.4 Å². The highest BCUT2D eigenvalue weighted by Crippen LogP contribution is 2.28. The van der Waals surface area contributed by atoms with E-state index in [1.54, 1.807) is 24.3 Å². The van der Waals surface area contributed by atoms with Gasteiger partial charge in [-0.05, 0) is 56.2 Å². The van der Waals surface area contributed by atoms with E-state index in [4.69, 9.17) is 0 Å². The predicted molar refractivity (Wildman–Crippen MR) is 124 cm³/mol. The fraction of sp³-hybridized carbons (Fsp3) is 0.435. The third kappa shape index (κ3) is 6.71. The second-order valence-corrected chi connectivity index (χ2v) is 11.1. The molecular weight excluding hydrogens is 435 g/mol. The third-order valence-electron chi connectivity index (χ3n) is 5.34. The van der Waals surface area contributed by atoms with Gasteiger partial charge in [-0.2, -0.15) is 11.8 Å². The first-order chi connectivity index (χ1) is 14.9. The van der Waals surface area contributed by atoms with E-state index in [9.17, 15) is 17.6 Å². The largest absolute Gasteiger partial charge is 0.354 e. The van der Waals surface area contributed by atoms with Crippen molar-refractivity contribution in [1.82, 2.24) is 5.32 Å². The van der Waals surface area contributed by atoms with Crippen molar-refractivity contribution in [3.63, 3.8) is 0 Å². The molecule has 0 heterocycles. The first-order valence-electron chi connectivity index (χ1n) is 10.6. The van der Waals surface area contributed by atoms with Crippen molar-refractivity contribution in [3.8, 4) is 0 Å². The van der Waals surface area contributed by atoms with Gasteiger partial charge >= 0.3 is 0 Å². The van der Waals surface area contributed by atoms with Gasteiger partial charge in [-0.1, -0.05) is 37.0 Å². The summed E-state index contributed by atoms with van der Waals surface area (Å²) in [5, 5.41) is 3.50. The quantitative estimate of drug-likeness (QED) is 0.555. The number of carbonyl (C=O) groups is 1. The van der Waals surface area contributed by atoms with Crippen molar-refractivity contribution in [2.45, 2.75) is 49.2 Å². The Balaban J connectivity index is 1.67. The van der Waals surface area contributed by atoms with Crippen LogP contribution < -0.4 is 9.62 Å². The molecule has 1 aliphatic carbocycles. The van der Waals surface area contributed by atoms with Crippen LogP contribution in [0.2, 0.25) is 0 Å². The summed E-state index contributed by atoms with van der Waals surface area (Å²) < 4.78 is 40.8. The van der Waals surface area contributed by atoms with Crippen molar-refractivity contribution in [1.29, 1.82) is 0 Å². The molecule has 5 nitrogen and oxygen atoms in total. The second-order valence-electron chi connectivity index (χ2n) is 7.78. The maximum absolute atomic E-state index is 13.3. The number of nitrogens with one attached hydrogen (secondary N) is 1. The molecule has 0 saturated heterocycles. The number of sulfonamides is 1. The molecule has 0 unspecified atom stereocenters. The minimum absolute atomic E-state index is 0.0601. The summed E-state index contributed by atoms with van der Waals surface area (Å²) in [6, 6.07) is 11.5. The minimum atomic E-state index is -4.03. The molecule has 31 heavy (non-hydrogen) atoms. The topological polar surface area (TPSA) is 66.5 Å². The van der Waals surface area contributed by atoms with Crippen molar-refractivity contribution in [2.24, 2.45) is 0 Å². The predicted octanol–water partition coefficient (Wildman–Crippen LogP) is 4.51. The maximum Gasteiger partial charge on any atom is 0.264 e. The molecule has 0 radical (unpaired) electrons. The van der Waals surface area contributed by atoms with Gasteiger partial charge in [0.25, 0.3) is 10.0 Å². The molecule has 1 aliphatic rings. The number of hydrogen-bond acceptors (Lipinski definition) is 4. The smallest absolute Gasteiger partial charge is 0.264 e. The normalized spacial score (nSPS) is 14.9. The number of nitrogens with zero attached hydrogens (tertiary/aromatic N) is 1. The SMILES string of the molecule is Cc1ccc(N(CC(=O)NCCSC2CCCCC2)S(=O)(=O)c2ccc(F)cc2)cc1. The zero-order valence-corrected chi connectivity index (χ0v) is 19.4. The first kappa shape index (κ1) is 23.6. The van der Waals surface area contributed by atoms with Crippen molar-refractivity contribution in [3.05, 3.63) is 59.9 Å². The number of thioether (sulfide) groups is 1. The first-order valence-corrected chi connectivity index (χ1v) is 13.1. The van der Waals surface area contributed by atoms with E-state index in [0.717, 1.165) is 27.8 Å². The Labute approximate surface area is 188 Å². The Morgan fingerprint density at radius 2 is 1.71 bits per heavy atom. The molecule has 168 valence electrons. The summed E-state index contributed by atoms with van der Waals surface area (Å²) in [4.78, 5) is 12.5. The molecular formula is C23H29FN2O3S2. The van der Waals surface area contributed by atoms with Crippen molar-refractivity contribution < 1.29 is 17.6 Å². The van der Waals surface area contributed by atoms with Crippen LogP contribution in [-0.4, -0.2) is 38.4 Å². The van der Waals surface area contributed by atoms with Crippen LogP contribution in [0.1, 0.15) is 37.7 Å². The molecule has 0 bridgehead atoms. The zero-order valence-electron chi connectivity index (χ0n) is 17.7. The molecule has 0 aliphatic heterocycles. The number of halogens is 1. The van der Waals surface area contributed by atoms with E-state index in [1.165, 1.54) is 44.2 Å². The van der Waals surface area contributed by atoms with Crippen LogP contribution in [0.3, 0.4) is 0 Å². The van der Waals surface area contributed by atoms with Gasteiger partial charge in [-0.25, -0.2) is 12.8 Å². The van der Waals surface area contributed by atoms with Crippen LogP contribution in [0, 0.1) is 12.7 Å². The average molecular weight is 465 g/mol. The maximum atomic E-state index is 13.3. The number of rotatable bonds is 9. The second kappa shape index (κ2) is 11.0. The van der Waals surface area contributed by atoms with Gasteiger partial charge in [-0.3, -0.25) is 9.10 Å². The fourth-order valence-electron chi connectivity index (χ4n) is 3.59. The van der Waals surface area contributed by atoms with Gasteiger partial charge in [0.05, 0.1) is 10.6 Å². The number of benzene rings is 2. The standard InChI is InChI=1S/C23H29FN2O3S2/c1-18-7-11-20(12-8-18)26(31(28,29)22-13-9-19(24)10-14-22)17-23(27)25-15-16-30-21-5-3-2-4-6-21/h7-14,21H,2-6,15-17H2,1H3,(H,25,27). The molecule has 1 N–H and O–H groups in total. The van der Waals surface area contributed by atoms with Crippen LogP contribution in [-0.2, 0) is 14.8 Å². The summed E-state index contributed by atoms with van der Waals surface area (Å²) in [5.74, 6) is -0.0735. The molecule has 0 spiro atoms. The molecule has 2 aromatic carbocycles. The van der Waals surface area contributed by atoms with E-state index < -0.39 is 15.8 Å². The molecule has 1 amide bonds. The van der Waals surface area contributed by atoms with E-state index in [2.05, 4.69) is 5.32 Å². The average Bonchev–Trinajstić information content (AvgIpc) is 2.77. The van der Waals surface area contributed by atoms with Crippen molar-refractivity contribution >= 4 is 33.4 Å². The Morgan fingerprint density at radius 1 is 1.06 bits per heavy atom. The Bertz CT molecular complexity index is 957. The molecule has 0 aromatic heterocycles. The molecule has 8 heteroatoms. The summed E-state index contributed by atoms with van der Waals surface area (Å²) in [6.45, 7) is 2.06. The summed E-state index contributed by atoms with van der Waals surface area (Å²) in [7, 11) is -4.03. The molecule has 2 aromatic rings. The van der Waals surface area contributed by atoms with E-state index in [-0.39, 0.29) is 17.3 Å². The van der Waals surface area contributed by atoms with Crippen molar-refractivity contribution in [2.75, 3.05) is 23.1 Å². The van der Waals surface area contributed by atoms with E-state index in [1.807, 2.05) is 18.7 Å². The summed E-state index contributed by atoms with van der Waals surface area (Å²) in [5.41, 5.74) is 1.37. The highest BCUT2D eigenvalue weighted by molar-refractivity contribution is 7.99. The number of aryl methyl sites for hydroxylation is 1. The lowest BCUT2D eigenvalue weighted by atomic mass is 10.0. The van der Waals surface area contributed by atoms with Gasteiger partial charge in [0.15, 0.2) is 0 Å². The van der Waals surface area contributed by atoms with Gasteiger partial charge in [-0.15, -0.1) is 0 Å². The number of carbonyl (C=O) groups excluding carboxylic acids is 1. The van der Waals surface area contributed by atoms with Crippen LogP contribution >= 0.6 is 11.8 Å². The lowest BCUT2D eigenvalue weighted by Crippen LogP contribution is -2.41. The van der Waals surface area contributed by atoms with E-state index >= 15 is 0 Å². The highest BCUT2D eigenvalue weighted by atomic mass is 32.2. The number of hydrogen-bond donors (Lipinski definition) is 1. The number of anilines is 1. The van der Waals surface area contributed by atoms with E-state index in [0.29, 0.717) is 17.5 Å². The Morgan fingerprint density at radius 3 is 2.35 bits per heavy atom. The zero-order chi connectivity index (χ0) is 22.3. The van der Waals surface area contributed by atoms with Crippen LogP contribution in [0.5, 0.6) is 0 Å². The molecule has 3 rings (SSSR count). The highest BCUT2D eigenvalue weighted by Gasteiger charge is 2.27. The molecule has 0 atom stereocenters. The van der Waals surface area contributed by atoms with Gasteiger partial charge in [0.2, 0.25) is 5.91 Å². The Kier molecular flexibility index (Phi) is 8.37. The third-order valence-corrected chi connectivity index (χ3v) is 8.51. The van der Waals surface area contributed by atoms with Crippen LogP contribution in [0.25, 0.3) is 0 Å². The van der Waals surface area contributed by atoms with Crippen LogP contribution in [0.4, 0.5) is 10.1 Å². The molecule has 1 fully saturated rings.